The Kier molecular flexibility index (Phi) is 4.91. The van der Waals surface area contributed by atoms with E-state index in [1.807, 2.05) is 10.7 Å². The lowest BCUT2D eigenvalue weighted by molar-refractivity contribution is 0.205. The molecular weight excluding hydrogens is 355 g/mol. The first kappa shape index (κ1) is 17.3. The maximum Gasteiger partial charge on any atom is 0.209 e. The van der Waals surface area contributed by atoms with Crippen molar-refractivity contribution in [1.29, 1.82) is 0 Å². The Morgan fingerprint density at radius 2 is 2.12 bits per heavy atom. The fourth-order valence-electron chi connectivity index (χ4n) is 2.70. The quantitative estimate of drug-likeness (QED) is 0.868. The van der Waals surface area contributed by atoms with E-state index in [1.54, 1.807) is 12.1 Å². The molecule has 0 fully saturated rings. The summed E-state index contributed by atoms with van der Waals surface area (Å²) in [5.74, 6) is -0.417. The molecule has 0 unspecified atom stereocenters. The fourth-order valence-corrected chi connectivity index (χ4v) is 3.32. The van der Waals surface area contributed by atoms with Crippen LogP contribution in [-0.2, 0) is 36.2 Å². The smallest absolute Gasteiger partial charge is 0.209 e. The number of nitrogens with zero attached hydrogens (tertiary/aromatic N) is 3. The minimum Gasteiger partial charge on any atom is -0.291 e. The van der Waals surface area contributed by atoms with Crippen LogP contribution in [0.1, 0.15) is 17.0 Å². The van der Waals surface area contributed by atoms with Gasteiger partial charge in [-0.1, -0.05) is 17.7 Å². The molecule has 6 nitrogen and oxygen atoms in total. The van der Waals surface area contributed by atoms with E-state index in [2.05, 4.69) is 14.7 Å². The first-order valence-electron chi connectivity index (χ1n) is 7.47. The average molecular weight is 373 g/mol. The van der Waals surface area contributed by atoms with Crippen molar-refractivity contribution in [2.24, 2.45) is 0 Å². The number of sulfonamides is 1. The molecule has 24 heavy (non-hydrogen) atoms. The Hall–Kier alpha value is -1.48. The lowest BCUT2D eigenvalue weighted by atomic mass is 10.2. The number of hydrogen-bond acceptors (Lipinski definition) is 4. The van der Waals surface area contributed by atoms with Crippen LogP contribution in [-0.4, -0.2) is 35.9 Å². The van der Waals surface area contributed by atoms with E-state index in [4.69, 9.17) is 11.6 Å². The third-order valence-corrected chi connectivity index (χ3v) is 4.79. The van der Waals surface area contributed by atoms with Crippen molar-refractivity contribution in [3.05, 3.63) is 52.1 Å². The molecule has 0 atom stereocenters. The topological polar surface area (TPSA) is 67.2 Å². The molecule has 9 heteroatoms. The molecule has 0 spiro atoms. The first-order chi connectivity index (χ1) is 11.3. The van der Waals surface area contributed by atoms with Crippen molar-refractivity contribution in [3.8, 4) is 0 Å². The van der Waals surface area contributed by atoms with Crippen LogP contribution in [0.3, 0.4) is 0 Å². The van der Waals surface area contributed by atoms with Crippen molar-refractivity contribution in [1.82, 2.24) is 19.4 Å². The lowest BCUT2D eigenvalue weighted by Gasteiger charge is -2.27. The third kappa shape index (κ3) is 4.32. The average Bonchev–Trinajstić information content (AvgIpc) is 2.90. The molecule has 1 aromatic heterocycles. The Morgan fingerprint density at radius 3 is 2.83 bits per heavy atom. The van der Waals surface area contributed by atoms with Gasteiger partial charge in [0.15, 0.2) is 0 Å². The number of fused-ring (bicyclic) bond motifs is 1. The molecule has 2 heterocycles. The maximum absolute atomic E-state index is 13.2. The van der Waals surface area contributed by atoms with Gasteiger partial charge in [-0.2, -0.15) is 5.10 Å². The largest absolute Gasteiger partial charge is 0.291 e. The second-order valence-corrected chi connectivity index (χ2v) is 8.14. The van der Waals surface area contributed by atoms with E-state index in [0.717, 1.165) is 30.6 Å². The lowest BCUT2D eigenvalue weighted by Crippen LogP contribution is -2.33. The van der Waals surface area contributed by atoms with Gasteiger partial charge in [0.25, 0.3) is 0 Å². The van der Waals surface area contributed by atoms with Crippen LogP contribution in [0.25, 0.3) is 0 Å². The Morgan fingerprint density at radius 1 is 1.33 bits per heavy atom. The van der Waals surface area contributed by atoms with Gasteiger partial charge in [-0.25, -0.2) is 17.5 Å². The minimum atomic E-state index is -3.24. The molecule has 0 bridgehead atoms. The molecule has 2 aromatic rings. The van der Waals surface area contributed by atoms with Crippen molar-refractivity contribution >= 4 is 21.6 Å². The molecule has 0 aliphatic carbocycles. The maximum atomic E-state index is 13.2. The SMILES string of the molecule is CS(=O)(=O)NCc1cc2n(n1)CCN(Cc1ccc(F)c(Cl)c1)C2. The van der Waals surface area contributed by atoms with E-state index >= 15 is 0 Å². The molecule has 1 aliphatic heterocycles. The van der Waals surface area contributed by atoms with Gasteiger partial charge in [-0.05, 0) is 23.8 Å². The highest BCUT2D eigenvalue weighted by Gasteiger charge is 2.19. The molecule has 3 rings (SSSR count). The van der Waals surface area contributed by atoms with Gasteiger partial charge in [0.1, 0.15) is 5.82 Å². The van der Waals surface area contributed by atoms with E-state index < -0.39 is 15.8 Å². The van der Waals surface area contributed by atoms with Crippen molar-refractivity contribution < 1.29 is 12.8 Å². The summed E-state index contributed by atoms with van der Waals surface area (Å²) in [5, 5.41) is 4.54. The van der Waals surface area contributed by atoms with Crippen LogP contribution in [0, 0.1) is 5.82 Å². The van der Waals surface area contributed by atoms with Crippen LogP contribution in [0.15, 0.2) is 24.3 Å². The Labute approximate surface area is 145 Å². The predicted molar refractivity (Wildman–Crippen MR) is 89.4 cm³/mol. The van der Waals surface area contributed by atoms with Crippen LogP contribution >= 0.6 is 11.6 Å². The molecular formula is C15H18ClFN4O2S. The zero-order chi connectivity index (χ0) is 17.3. The summed E-state index contributed by atoms with van der Waals surface area (Å²) in [5.41, 5.74) is 2.68. The molecule has 130 valence electrons. The standard InChI is InChI=1S/C15H18ClFN4O2S/c1-24(22,23)18-8-12-7-13-10-20(4-5-21(13)19-12)9-11-2-3-15(17)14(16)6-11/h2-3,6-7,18H,4-5,8-10H2,1H3. The molecule has 0 saturated heterocycles. The minimum absolute atomic E-state index is 0.128. The van der Waals surface area contributed by atoms with Gasteiger partial charge in [0, 0.05) is 19.6 Å². The van der Waals surface area contributed by atoms with Gasteiger partial charge >= 0.3 is 0 Å². The fraction of sp³-hybridized carbons (Fsp3) is 0.400. The number of benzene rings is 1. The third-order valence-electron chi connectivity index (χ3n) is 3.83. The van der Waals surface area contributed by atoms with Crippen molar-refractivity contribution in [2.75, 3.05) is 12.8 Å². The summed E-state index contributed by atoms with van der Waals surface area (Å²) < 4.78 is 39.9. The van der Waals surface area contributed by atoms with Gasteiger partial charge in [-0.15, -0.1) is 0 Å². The van der Waals surface area contributed by atoms with Gasteiger partial charge in [-0.3, -0.25) is 9.58 Å². The van der Waals surface area contributed by atoms with Gasteiger partial charge in [0.2, 0.25) is 10.0 Å². The van der Waals surface area contributed by atoms with Crippen molar-refractivity contribution in [2.45, 2.75) is 26.2 Å². The summed E-state index contributed by atoms with van der Waals surface area (Å²) in [6.07, 6.45) is 1.12. The van der Waals surface area contributed by atoms with Crippen molar-refractivity contribution in [3.63, 3.8) is 0 Å². The predicted octanol–water partition coefficient (Wildman–Crippen LogP) is 1.74. The van der Waals surface area contributed by atoms with E-state index in [1.165, 1.54) is 6.07 Å². The second kappa shape index (κ2) is 6.79. The van der Waals surface area contributed by atoms with Gasteiger partial charge in [0.05, 0.1) is 35.8 Å². The van der Waals surface area contributed by atoms with E-state index in [9.17, 15) is 12.8 Å². The summed E-state index contributed by atoms with van der Waals surface area (Å²) in [7, 11) is -3.24. The highest BCUT2D eigenvalue weighted by Crippen LogP contribution is 2.20. The molecule has 1 N–H and O–H groups in total. The van der Waals surface area contributed by atoms with Gasteiger partial charge < -0.3 is 0 Å². The molecule has 1 aliphatic rings. The van der Waals surface area contributed by atoms with Crippen LogP contribution < -0.4 is 4.72 Å². The van der Waals surface area contributed by atoms with Crippen LogP contribution in [0.4, 0.5) is 4.39 Å². The summed E-state index contributed by atoms with van der Waals surface area (Å²) in [4.78, 5) is 2.22. The normalized spacial score (nSPS) is 15.5. The molecule has 0 radical (unpaired) electrons. The highest BCUT2D eigenvalue weighted by molar-refractivity contribution is 7.88. The zero-order valence-electron chi connectivity index (χ0n) is 13.2. The first-order valence-corrected chi connectivity index (χ1v) is 9.73. The number of nitrogens with one attached hydrogen (secondary N) is 1. The van der Waals surface area contributed by atoms with E-state index in [0.29, 0.717) is 18.8 Å². The van der Waals surface area contributed by atoms with Crippen LogP contribution in [0.2, 0.25) is 5.02 Å². The molecule has 0 amide bonds. The molecule has 1 aromatic carbocycles. The zero-order valence-corrected chi connectivity index (χ0v) is 14.7. The number of hydrogen-bond donors (Lipinski definition) is 1. The summed E-state index contributed by atoms with van der Waals surface area (Å²) in [6, 6.07) is 6.65. The van der Waals surface area contributed by atoms with Crippen LogP contribution in [0.5, 0.6) is 0 Å². The Balaban J connectivity index is 1.65. The number of aromatic nitrogens is 2. The molecule has 0 saturated carbocycles. The monoisotopic (exact) mass is 372 g/mol. The number of rotatable bonds is 5. The highest BCUT2D eigenvalue weighted by atomic mass is 35.5. The Bertz CT molecular complexity index is 853. The number of halogens is 2. The summed E-state index contributed by atoms with van der Waals surface area (Å²) >= 11 is 5.82. The van der Waals surface area contributed by atoms with E-state index in [-0.39, 0.29) is 11.6 Å². The second-order valence-electron chi connectivity index (χ2n) is 5.90. The summed E-state index contributed by atoms with van der Waals surface area (Å²) in [6.45, 7) is 3.08.